The average molecular weight is 269 g/mol. The number of hydrogen-bond donors (Lipinski definition) is 2. The first-order valence-corrected chi connectivity index (χ1v) is 7.01. The van der Waals surface area contributed by atoms with E-state index < -0.39 is 0 Å². The summed E-state index contributed by atoms with van der Waals surface area (Å²) >= 11 is 1.71. The average Bonchev–Trinajstić information content (AvgIpc) is 2.79. The molecule has 18 heavy (non-hydrogen) atoms. The van der Waals surface area contributed by atoms with Crippen LogP contribution in [0.3, 0.4) is 0 Å². The molecule has 0 aliphatic rings. The Labute approximate surface area is 113 Å². The van der Waals surface area contributed by atoms with E-state index in [1.54, 1.807) is 18.4 Å². The topological polar surface area (TPSA) is 52.5 Å². The number of aryl methyl sites for hydroxylation is 1. The highest BCUT2D eigenvalue weighted by atomic mass is 32.1. The van der Waals surface area contributed by atoms with Crippen molar-refractivity contribution >= 4 is 17.3 Å². The number of thiazole rings is 1. The molecule has 2 N–H and O–H groups in total. The molecule has 0 bridgehead atoms. The molecule has 0 fully saturated rings. The lowest BCUT2D eigenvalue weighted by molar-refractivity contribution is 0.357. The van der Waals surface area contributed by atoms with Crippen LogP contribution in [0.1, 0.15) is 16.8 Å². The minimum absolute atomic E-state index is 0.724. The maximum Gasteiger partial charge on any atom is 0.191 e. The maximum absolute atomic E-state index is 4.31. The van der Waals surface area contributed by atoms with Crippen molar-refractivity contribution in [1.29, 1.82) is 0 Å². The molecule has 6 heteroatoms. The third-order valence-electron chi connectivity index (χ3n) is 2.63. The summed E-state index contributed by atoms with van der Waals surface area (Å²) in [5.41, 5.74) is 0. The molecule has 5 nitrogen and oxygen atoms in total. The predicted octanol–water partition coefficient (Wildman–Crippen LogP) is 1.07. The van der Waals surface area contributed by atoms with Gasteiger partial charge in [-0.3, -0.25) is 4.99 Å². The number of nitrogens with zero attached hydrogens (tertiary/aromatic N) is 3. The first kappa shape index (κ1) is 14.9. The molecule has 0 aliphatic heterocycles. The number of likely N-dealkylation sites (N-methyl/N-ethyl adjacent to an activating group) is 1. The molecule has 102 valence electrons. The number of guanidine groups is 1. The van der Waals surface area contributed by atoms with Gasteiger partial charge in [0, 0.05) is 31.2 Å². The lowest BCUT2D eigenvalue weighted by Crippen LogP contribution is -2.40. The van der Waals surface area contributed by atoms with Crippen molar-refractivity contribution in [3.05, 3.63) is 16.1 Å². The van der Waals surface area contributed by atoms with Gasteiger partial charge in [-0.2, -0.15) is 0 Å². The lowest BCUT2D eigenvalue weighted by atomic mass is 10.5. The van der Waals surface area contributed by atoms with Crippen molar-refractivity contribution in [3.8, 4) is 0 Å². The van der Waals surface area contributed by atoms with Crippen LogP contribution < -0.4 is 10.6 Å². The van der Waals surface area contributed by atoms with Crippen LogP contribution in [0.15, 0.2) is 11.2 Å². The molecule has 0 saturated heterocycles. The first-order valence-electron chi connectivity index (χ1n) is 6.20. The summed E-state index contributed by atoms with van der Waals surface area (Å²) in [5.74, 6) is 0.826. The van der Waals surface area contributed by atoms with Gasteiger partial charge in [0.15, 0.2) is 5.96 Å². The quantitative estimate of drug-likeness (QED) is 0.599. The molecule has 1 rings (SSSR count). The van der Waals surface area contributed by atoms with E-state index in [1.165, 1.54) is 4.88 Å². The van der Waals surface area contributed by atoms with Gasteiger partial charge in [0.05, 0.1) is 6.54 Å². The molecule has 1 aromatic heterocycles. The zero-order valence-corrected chi connectivity index (χ0v) is 12.5. The predicted molar refractivity (Wildman–Crippen MR) is 78.2 cm³/mol. The summed E-state index contributed by atoms with van der Waals surface area (Å²) in [6, 6.07) is 0. The third-order valence-corrected chi connectivity index (χ3v) is 3.54. The number of aliphatic imine (C=N–C) groups is 1. The van der Waals surface area contributed by atoms with E-state index in [0.717, 1.165) is 37.1 Å². The van der Waals surface area contributed by atoms with Crippen molar-refractivity contribution < 1.29 is 0 Å². The van der Waals surface area contributed by atoms with E-state index in [1.807, 2.05) is 6.20 Å². The fourth-order valence-corrected chi connectivity index (χ4v) is 2.11. The van der Waals surface area contributed by atoms with E-state index in [2.05, 4.69) is 46.4 Å². The smallest absolute Gasteiger partial charge is 0.191 e. The van der Waals surface area contributed by atoms with Crippen LogP contribution in [0.2, 0.25) is 0 Å². The van der Waals surface area contributed by atoms with E-state index in [9.17, 15) is 0 Å². The second-order valence-electron chi connectivity index (χ2n) is 4.11. The zero-order valence-electron chi connectivity index (χ0n) is 11.7. The van der Waals surface area contributed by atoms with Crippen LogP contribution in [0, 0.1) is 6.92 Å². The van der Waals surface area contributed by atoms with Crippen molar-refractivity contribution in [2.24, 2.45) is 4.99 Å². The van der Waals surface area contributed by atoms with E-state index in [4.69, 9.17) is 0 Å². The number of aromatic nitrogens is 1. The van der Waals surface area contributed by atoms with Gasteiger partial charge in [-0.1, -0.05) is 6.92 Å². The Hall–Kier alpha value is -1.14. The molecule has 0 spiro atoms. The maximum atomic E-state index is 4.31. The largest absolute Gasteiger partial charge is 0.355 e. The van der Waals surface area contributed by atoms with Crippen molar-refractivity contribution in [2.75, 3.05) is 33.7 Å². The Morgan fingerprint density at radius 1 is 1.50 bits per heavy atom. The van der Waals surface area contributed by atoms with E-state index in [0.29, 0.717) is 0 Å². The Morgan fingerprint density at radius 2 is 2.28 bits per heavy atom. The van der Waals surface area contributed by atoms with Gasteiger partial charge in [0.2, 0.25) is 0 Å². The summed E-state index contributed by atoms with van der Waals surface area (Å²) in [7, 11) is 3.89. The fraction of sp³-hybridized carbons (Fsp3) is 0.667. The lowest BCUT2D eigenvalue weighted by Gasteiger charge is -2.16. The highest BCUT2D eigenvalue weighted by Gasteiger charge is 2.01. The highest BCUT2D eigenvalue weighted by molar-refractivity contribution is 7.11. The van der Waals surface area contributed by atoms with Crippen LogP contribution >= 0.6 is 11.3 Å². The van der Waals surface area contributed by atoms with Crippen LogP contribution in [-0.4, -0.2) is 49.6 Å². The minimum Gasteiger partial charge on any atom is -0.355 e. The molecular formula is C12H23N5S. The molecule has 1 heterocycles. The first-order chi connectivity index (χ1) is 8.65. The molecular weight excluding hydrogens is 246 g/mol. The van der Waals surface area contributed by atoms with Crippen LogP contribution in [-0.2, 0) is 6.54 Å². The Balaban J connectivity index is 2.26. The summed E-state index contributed by atoms with van der Waals surface area (Å²) in [6.07, 6.45) is 1.90. The molecule has 0 aliphatic carbocycles. The van der Waals surface area contributed by atoms with E-state index in [-0.39, 0.29) is 0 Å². The number of rotatable bonds is 6. The Morgan fingerprint density at radius 3 is 2.83 bits per heavy atom. The van der Waals surface area contributed by atoms with Gasteiger partial charge >= 0.3 is 0 Å². The third kappa shape index (κ3) is 5.46. The number of hydrogen-bond acceptors (Lipinski definition) is 4. The van der Waals surface area contributed by atoms with Crippen molar-refractivity contribution in [1.82, 2.24) is 20.5 Å². The molecule has 0 radical (unpaired) electrons. The van der Waals surface area contributed by atoms with Gasteiger partial charge in [-0.15, -0.1) is 11.3 Å². The molecule has 0 amide bonds. The number of nitrogens with one attached hydrogen (secondary N) is 2. The summed E-state index contributed by atoms with van der Waals surface area (Å²) in [5, 5.41) is 7.63. The van der Waals surface area contributed by atoms with Crippen molar-refractivity contribution in [2.45, 2.75) is 20.4 Å². The standard InChI is InChI=1S/C12H23N5S/c1-5-17(4)7-6-14-12(13-3)16-9-11-15-8-10(2)18-11/h8H,5-7,9H2,1-4H3,(H2,13,14,16). The Kier molecular flexibility index (Phi) is 6.67. The molecule has 0 aromatic carbocycles. The monoisotopic (exact) mass is 269 g/mol. The van der Waals surface area contributed by atoms with Gasteiger partial charge < -0.3 is 15.5 Å². The van der Waals surface area contributed by atoms with Gasteiger partial charge in [-0.25, -0.2) is 4.98 Å². The second kappa shape index (κ2) is 8.05. The van der Waals surface area contributed by atoms with Crippen LogP contribution in [0.4, 0.5) is 0 Å². The molecule has 0 atom stereocenters. The Bertz CT molecular complexity index is 374. The van der Waals surface area contributed by atoms with Crippen molar-refractivity contribution in [3.63, 3.8) is 0 Å². The normalized spacial score (nSPS) is 11.9. The molecule has 0 unspecified atom stereocenters. The highest BCUT2D eigenvalue weighted by Crippen LogP contribution is 2.10. The minimum atomic E-state index is 0.724. The SMILES string of the molecule is CCN(C)CCNC(=NC)NCc1ncc(C)s1. The van der Waals surface area contributed by atoms with Gasteiger partial charge in [-0.05, 0) is 20.5 Å². The van der Waals surface area contributed by atoms with Crippen LogP contribution in [0.5, 0.6) is 0 Å². The zero-order chi connectivity index (χ0) is 13.4. The summed E-state index contributed by atoms with van der Waals surface area (Å²) in [6.45, 7) is 7.90. The van der Waals surface area contributed by atoms with E-state index >= 15 is 0 Å². The van der Waals surface area contributed by atoms with Gasteiger partial charge in [0.25, 0.3) is 0 Å². The second-order valence-corrected chi connectivity index (χ2v) is 5.43. The molecule has 1 aromatic rings. The fourth-order valence-electron chi connectivity index (χ4n) is 1.39. The molecule has 0 saturated carbocycles. The van der Waals surface area contributed by atoms with Crippen LogP contribution in [0.25, 0.3) is 0 Å². The summed E-state index contributed by atoms with van der Waals surface area (Å²) in [4.78, 5) is 12.0. The van der Waals surface area contributed by atoms with Gasteiger partial charge in [0.1, 0.15) is 5.01 Å². The summed E-state index contributed by atoms with van der Waals surface area (Å²) < 4.78 is 0.